The van der Waals surface area contributed by atoms with Crippen molar-refractivity contribution in [3.8, 4) is 0 Å². The summed E-state index contributed by atoms with van der Waals surface area (Å²) >= 11 is 0. The Morgan fingerprint density at radius 3 is 2.59 bits per heavy atom. The molecule has 0 aliphatic carbocycles. The Morgan fingerprint density at radius 2 is 1.96 bits per heavy atom. The molecule has 3 atom stereocenters. The molecule has 4 N–H and O–H groups in total. The van der Waals surface area contributed by atoms with Crippen LogP contribution in [-0.4, -0.2) is 51.6 Å². The Morgan fingerprint density at radius 1 is 1.26 bits per heavy atom. The molecule has 1 heterocycles. The van der Waals surface area contributed by atoms with Gasteiger partial charge >= 0.3 is 0 Å². The molecule has 0 spiro atoms. The fraction of sp³-hybridized carbons (Fsp3) is 0.526. The van der Waals surface area contributed by atoms with Crippen molar-refractivity contribution in [3.05, 3.63) is 30.3 Å². The maximum atomic E-state index is 13.0. The van der Waals surface area contributed by atoms with Crippen LogP contribution in [0.1, 0.15) is 39.0 Å². The molecule has 27 heavy (non-hydrogen) atoms. The van der Waals surface area contributed by atoms with Gasteiger partial charge in [-0.3, -0.25) is 19.6 Å². The molecule has 1 aromatic carbocycles. The summed E-state index contributed by atoms with van der Waals surface area (Å²) in [6.07, 6.45) is 1.26. The molecule has 0 aromatic heterocycles. The molecule has 0 bridgehead atoms. The van der Waals surface area contributed by atoms with Crippen molar-refractivity contribution in [2.45, 2.75) is 51.2 Å². The van der Waals surface area contributed by atoms with E-state index in [0.717, 1.165) is 6.42 Å². The van der Waals surface area contributed by atoms with Crippen LogP contribution in [0.2, 0.25) is 0 Å². The van der Waals surface area contributed by atoms with Crippen molar-refractivity contribution >= 4 is 23.4 Å². The van der Waals surface area contributed by atoms with Gasteiger partial charge in [-0.1, -0.05) is 38.0 Å². The summed E-state index contributed by atoms with van der Waals surface area (Å²) in [4.78, 5) is 38.7. The number of carbonyl (C=O) groups is 3. The number of likely N-dealkylation sites (tertiary alicyclic amines) is 1. The van der Waals surface area contributed by atoms with Crippen molar-refractivity contribution in [1.29, 1.82) is 0 Å². The van der Waals surface area contributed by atoms with Gasteiger partial charge < -0.3 is 15.3 Å². The highest BCUT2D eigenvalue weighted by molar-refractivity contribution is 5.98. The lowest BCUT2D eigenvalue weighted by Crippen LogP contribution is -2.50. The number of hydroxylamine groups is 1. The van der Waals surface area contributed by atoms with Gasteiger partial charge in [-0.25, -0.2) is 5.48 Å². The van der Waals surface area contributed by atoms with Gasteiger partial charge in [0.25, 0.3) is 5.91 Å². The van der Waals surface area contributed by atoms with E-state index in [1.807, 2.05) is 13.0 Å². The highest BCUT2D eigenvalue weighted by Crippen LogP contribution is 2.25. The summed E-state index contributed by atoms with van der Waals surface area (Å²) < 4.78 is 0. The minimum atomic E-state index is -1.66. The van der Waals surface area contributed by atoms with E-state index in [2.05, 4.69) is 5.32 Å². The molecule has 2 rings (SSSR count). The van der Waals surface area contributed by atoms with E-state index in [1.165, 1.54) is 10.4 Å². The number of rotatable bonds is 8. The first-order valence-corrected chi connectivity index (χ1v) is 9.28. The number of para-hydroxylation sites is 1. The minimum Gasteiger partial charge on any atom is -0.382 e. The van der Waals surface area contributed by atoms with Gasteiger partial charge in [0.05, 0.1) is 5.92 Å². The van der Waals surface area contributed by atoms with E-state index in [0.29, 0.717) is 37.9 Å². The highest BCUT2D eigenvalue weighted by Gasteiger charge is 2.40. The van der Waals surface area contributed by atoms with Gasteiger partial charge in [-0.2, -0.15) is 0 Å². The van der Waals surface area contributed by atoms with Crippen molar-refractivity contribution in [2.75, 3.05) is 11.9 Å². The smallest absolute Gasteiger partial charge is 0.272 e. The summed E-state index contributed by atoms with van der Waals surface area (Å²) in [5.74, 6) is -2.75. The summed E-state index contributed by atoms with van der Waals surface area (Å²) in [5.41, 5.74) is 2.04. The standard InChI is InChI=1S/C19H27N3O5/c1-2-3-10-14(16(23)18(25)21-27)19(26)22-12-7-11-15(22)17(24)20-13-8-5-4-6-9-13/h4-6,8-9,14-16,23,27H,2-3,7,10-12H2,1H3,(H,20,24)(H,21,25)/t14?,15-,16?/m0/s1. The largest absolute Gasteiger partial charge is 0.382 e. The second-order valence-electron chi connectivity index (χ2n) is 6.71. The summed E-state index contributed by atoms with van der Waals surface area (Å²) in [5, 5.41) is 21.8. The third-order valence-corrected chi connectivity index (χ3v) is 4.83. The quantitative estimate of drug-likeness (QED) is 0.402. The van der Waals surface area contributed by atoms with Crippen LogP contribution in [-0.2, 0) is 14.4 Å². The first-order valence-electron chi connectivity index (χ1n) is 9.28. The van der Waals surface area contributed by atoms with Crippen LogP contribution in [0.15, 0.2) is 30.3 Å². The zero-order chi connectivity index (χ0) is 19.8. The lowest BCUT2D eigenvalue weighted by atomic mass is 9.93. The van der Waals surface area contributed by atoms with Gasteiger partial charge in [0, 0.05) is 12.2 Å². The van der Waals surface area contributed by atoms with E-state index in [9.17, 15) is 19.5 Å². The zero-order valence-electron chi connectivity index (χ0n) is 15.4. The number of hydrogen-bond acceptors (Lipinski definition) is 5. The minimum absolute atomic E-state index is 0.289. The molecule has 8 heteroatoms. The zero-order valence-corrected chi connectivity index (χ0v) is 15.4. The van der Waals surface area contributed by atoms with Gasteiger partial charge in [0.1, 0.15) is 12.1 Å². The third kappa shape index (κ3) is 5.27. The average molecular weight is 377 g/mol. The Hall–Kier alpha value is -2.45. The number of amides is 3. The summed E-state index contributed by atoms with van der Waals surface area (Å²) in [7, 11) is 0. The normalized spacial score (nSPS) is 18.6. The van der Waals surface area contributed by atoms with Gasteiger partial charge in [0.2, 0.25) is 11.8 Å². The lowest BCUT2D eigenvalue weighted by Gasteiger charge is -2.30. The molecule has 1 aliphatic rings. The maximum Gasteiger partial charge on any atom is 0.272 e. The molecule has 8 nitrogen and oxygen atoms in total. The van der Waals surface area contributed by atoms with Crippen LogP contribution in [0.4, 0.5) is 5.69 Å². The first-order chi connectivity index (χ1) is 13.0. The van der Waals surface area contributed by atoms with Crippen LogP contribution in [0, 0.1) is 5.92 Å². The molecule has 3 amide bonds. The molecule has 0 saturated carbocycles. The highest BCUT2D eigenvalue weighted by atomic mass is 16.5. The average Bonchev–Trinajstić information content (AvgIpc) is 3.18. The number of benzene rings is 1. The van der Waals surface area contributed by atoms with E-state index in [1.54, 1.807) is 24.3 Å². The van der Waals surface area contributed by atoms with Gasteiger partial charge in [-0.05, 0) is 31.4 Å². The Balaban J connectivity index is 2.12. The third-order valence-electron chi connectivity index (χ3n) is 4.83. The van der Waals surface area contributed by atoms with Gasteiger partial charge in [0.15, 0.2) is 0 Å². The van der Waals surface area contributed by atoms with Crippen LogP contribution in [0.25, 0.3) is 0 Å². The number of carbonyl (C=O) groups excluding carboxylic acids is 3. The molecule has 1 aliphatic heterocycles. The van der Waals surface area contributed by atoms with Crippen LogP contribution >= 0.6 is 0 Å². The van der Waals surface area contributed by atoms with Crippen LogP contribution < -0.4 is 10.8 Å². The van der Waals surface area contributed by atoms with E-state index in [4.69, 9.17) is 5.21 Å². The molecular formula is C19H27N3O5. The predicted octanol–water partition coefficient (Wildman–Crippen LogP) is 1.29. The van der Waals surface area contributed by atoms with Crippen molar-refractivity contribution < 1.29 is 24.7 Å². The van der Waals surface area contributed by atoms with Crippen molar-refractivity contribution in [1.82, 2.24) is 10.4 Å². The second-order valence-corrected chi connectivity index (χ2v) is 6.71. The molecule has 1 fully saturated rings. The van der Waals surface area contributed by atoms with Gasteiger partial charge in [-0.15, -0.1) is 0 Å². The topological polar surface area (TPSA) is 119 Å². The van der Waals surface area contributed by atoms with Crippen molar-refractivity contribution in [2.24, 2.45) is 5.92 Å². The summed E-state index contributed by atoms with van der Waals surface area (Å²) in [6, 6.07) is 8.32. The van der Waals surface area contributed by atoms with E-state index < -0.39 is 29.9 Å². The second kappa shape index (κ2) is 10.0. The number of aliphatic hydroxyl groups is 1. The lowest BCUT2D eigenvalue weighted by molar-refractivity contribution is -0.152. The fourth-order valence-electron chi connectivity index (χ4n) is 3.35. The molecular weight excluding hydrogens is 350 g/mol. The first kappa shape index (κ1) is 20.9. The van der Waals surface area contributed by atoms with Crippen molar-refractivity contribution in [3.63, 3.8) is 0 Å². The number of nitrogens with zero attached hydrogens (tertiary/aromatic N) is 1. The monoisotopic (exact) mass is 377 g/mol. The molecule has 0 radical (unpaired) electrons. The number of nitrogens with one attached hydrogen (secondary N) is 2. The molecule has 1 aromatic rings. The maximum absolute atomic E-state index is 13.0. The number of hydrogen-bond donors (Lipinski definition) is 4. The Bertz CT molecular complexity index is 652. The SMILES string of the molecule is CCCCC(C(=O)N1CCC[C@H]1C(=O)Nc1ccccc1)C(O)C(=O)NO. The summed E-state index contributed by atoms with van der Waals surface area (Å²) in [6.45, 7) is 2.33. The molecule has 1 saturated heterocycles. The number of unbranched alkanes of at least 4 members (excludes halogenated alkanes) is 1. The van der Waals surface area contributed by atoms with E-state index in [-0.39, 0.29) is 5.91 Å². The Labute approximate surface area is 158 Å². The van der Waals surface area contributed by atoms with Crippen LogP contribution in [0.5, 0.6) is 0 Å². The molecule has 148 valence electrons. The van der Waals surface area contributed by atoms with Crippen LogP contribution in [0.3, 0.4) is 0 Å². The fourth-order valence-corrected chi connectivity index (χ4v) is 3.35. The predicted molar refractivity (Wildman–Crippen MR) is 98.8 cm³/mol. The number of anilines is 1. The molecule has 2 unspecified atom stereocenters. The number of aliphatic hydroxyl groups excluding tert-OH is 1. The van der Waals surface area contributed by atoms with E-state index >= 15 is 0 Å². The Kier molecular flexibility index (Phi) is 7.75.